The SMILES string of the molecule is CCCCCOc1ccc(OCC(=O)Nc2cc([N+](=O)[O-])ccc2Br)cc1. The van der Waals surface area contributed by atoms with Gasteiger partial charge >= 0.3 is 0 Å². The highest BCUT2D eigenvalue weighted by Gasteiger charge is 2.12. The third-order valence-electron chi connectivity index (χ3n) is 3.65. The molecule has 8 heteroatoms. The fraction of sp³-hybridized carbons (Fsp3) is 0.316. The van der Waals surface area contributed by atoms with Crippen LogP contribution in [0.25, 0.3) is 0 Å². The van der Waals surface area contributed by atoms with Crippen LogP contribution in [0.15, 0.2) is 46.9 Å². The molecule has 0 radical (unpaired) electrons. The van der Waals surface area contributed by atoms with Crippen molar-refractivity contribution in [2.45, 2.75) is 26.2 Å². The zero-order valence-electron chi connectivity index (χ0n) is 14.9. The first-order chi connectivity index (χ1) is 13.0. The van der Waals surface area contributed by atoms with E-state index in [1.807, 2.05) is 0 Å². The highest BCUT2D eigenvalue weighted by atomic mass is 79.9. The number of unbranched alkanes of at least 4 members (excludes halogenated alkanes) is 2. The number of nitrogens with one attached hydrogen (secondary N) is 1. The predicted molar refractivity (Wildman–Crippen MR) is 106 cm³/mol. The van der Waals surface area contributed by atoms with Gasteiger partial charge in [-0.2, -0.15) is 0 Å². The molecule has 0 aliphatic heterocycles. The number of amides is 1. The van der Waals surface area contributed by atoms with Crippen molar-refractivity contribution in [2.75, 3.05) is 18.5 Å². The normalized spacial score (nSPS) is 10.3. The van der Waals surface area contributed by atoms with Gasteiger partial charge in [-0.15, -0.1) is 0 Å². The van der Waals surface area contributed by atoms with Gasteiger partial charge in [-0.3, -0.25) is 14.9 Å². The zero-order valence-corrected chi connectivity index (χ0v) is 16.5. The summed E-state index contributed by atoms with van der Waals surface area (Å²) in [4.78, 5) is 22.3. The number of rotatable bonds is 10. The van der Waals surface area contributed by atoms with Gasteiger partial charge < -0.3 is 14.8 Å². The van der Waals surface area contributed by atoms with Crippen molar-refractivity contribution in [3.05, 3.63) is 57.1 Å². The summed E-state index contributed by atoms with van der Waals surface area (Å²) < 4.78 is 11.6. The molecule has 0 unspecified atom stereocenters. The number of nitrogens with zero attached hydrogens (tertiary/aromatic N) is 1. The van der Waals surface area contributed by atoms with Crippen molar-refractivity contribution in [3.63, 3.8) is 0 Å². The molecule has 0 aliphatic carbocycles. The molecule has 2 aromatic carbocycles. The molecule has 1 amide bonds. The smallest absolute Gasteiger partial charge is 0.271 e. The average molecular weight is 437 g/mol. The molecular weight excluding hydrogens is 416 g/mol. The van der Waals surface area contributed by atoms with Gasteiger partial charge in [-0.05, 0) is 52.7 Å². The van der Waals surface area contributed by atoms with Crippen LogP contribution in [0.1, 0.15) is 26.2 Å². The molecule has 0 saturated carbocycles. The fourth-order valence-electron chi connectivity index (χ4n) is 2.23. The lowest BCUT2D eigenvalue weighted by atomic mass is 10.2. The zero-order chi connectivity index (χ0) is 19.6. The molecule has 0 atom stereocenters. The first-order valence-electron chi connectivity index (χ1n) is 8.59. The lowest BCUT2D eigenvalue weighted by Gasteiger charge is -2.10. The first kappa shape index (κ1) is 20.7. The van der Waals surface area contributed by atoms with Gasteiger partial charge in [0.1, 0.15) is 11.5 Å². The molecule has 7 nitrogen and oxygen atoms in total. The second-order valence-corrected chi connectivity index (χ2v) is 6.64. The average Bonchev–Trinajstić information content (AvgIpc) is 2.66. The number of benzene rings is 2. The van der Waals surface area contributed by atoms with Crippen LogP contribution in [-0.2, 0) is 4.79 Å². The molecule has 1 N–H and O–H groups in total. The predicted octanol–water partition coefficient (Wildman–Crippen LogP) is 4.94. The van der Waals surface area contributed by atoms with Crippen LogP contribution < -0.4 is 14.8 Å². The summed E-state index contributed by atoms with van der Waals surface area (Å²) in [6, 6.07) is 11.2. The highest BCUT2D eigenvalue weighted by Crippen LogP contribution is 2.27. The first-order valence-corrected chi connectivity index (χ1v) is 9.38. The second-order valence-electron chi connectivity index (χ2n) is 5.79. The molecule has 2 aromatic rings. The van der Waals surface area contributed by atoms with Crippen molar-refractivity contribution in [2.24, 2.45) is 0 Å². The van der Waals surface area contributed by atoms with E-state index < -0.39 is 10.8 Å². The van der Waals surface area contributed by atoms with Gasteiger partial charge in [0, 0.05) is 16.6 Å². The minimum absolute atomic E-state index is 0.107. The topological polar surface area (TPSA) is 90.7 Å². The Hall–Kier alpha value is -2.61. The van der Waals surface area contributed by atoms with Crippen molar-refractivity contribution in [1.82, 2.24) is 0 Å². The molecule has 0 heterocycles. The maximum absolute atomic E-state index is 12.0. The van der Waals surface area contributed by atoms with Crippen molar-refractivity contribution in [3.8, 4) is 11.5 Å². The Morgan fingerprint density at radius 3 is 2.41 bits per heavy atom. The second kappa shape index (κ2) is 10.5. The molecule has 27 heavy (non-hydrogen) atoms. The number of nitro benzene ring substituents is 1. The van der Waals surface area contributed by atoms with E-state index in [0.29, 0.717) is 22.5 Å². The summed E-state index contributed by atoms with van der Waals surface area (Å²) in [5.41, 5.74) is 0.206. The number of anilines is 1. The van der Waals surface area contributed by atoms with Crippen molar-refractivity contribution < 1.29 is 19.2 Å². The van der Waals surface area contributed by atoms with Gasteiger partial charge in [0.15, 0.2) is 6.61 Å². The van der Waals surface area contributed by atoms with Gasteiger partial charge in [-0.25, -0.2) is 0 Å². The molecule has 0 bridgehead atoms. The molecule has 0 saturated heterocycles. The molecule has 2 rings (SSSR count). The van der Waals surface area contributed by atoms with E-state index in [4.69, 9.17) is 9.47 Å². The van der Waals surface area contributed by atoms with E-state index in [1.165, 1.54) is 18.2 Å². The van der Waals surface area contributed by atoms with Crippen LogP contribution in [0, 0.1) is 10.1 Å². The Bertz CT molecular complexity index is 780. The molecule has 0 aliphatic rings. The molecule has 0 aromatic heterocycles. The maximum Gasteiger partial charge on any atom is 0.271 e. The van der Waals surface area contributed by atoms with E-state index in [0.717, 1.165) is 25.0 Å². The number of hydrogen-bond acceptors (Lipinski definition) is 5. The summed E-state index contributed by atoms with van der Waals surface area (Å²) in [6.45, 7) is 2.60. The monoisotopic (exact) mass is 436 g/mol. The van der Waals surface area contributed by atoms with Crippen LogP contribution in [0.5, 0.6) is 11.5 Å². The Balaban J connectivity index is 1.83. The van der Waals surface area contributed by atoms with Crippen LogP contribution in [-0.4, -0.2) is 24.0 Å². The number of ether oxygens (including phenoxy) is 2. The van der Waals surface area contributed by atoms with E-state index in [9.17, 15) is 14.9 Å². The van der Waals surface area contributed by atoms with Crippen LogP contribution in [0.4, 0.5) is 11.4 Å². The van der Waals surface area contributed by atoms with Gasteiger partial charge in [0.25, 0.3) is 11.6 Å². The summed E-state index contributed by atoms with van der Waals surface area (Å²) in [6.07, 6.45) is 3.30. The number of carbonyl (C=O) groups is 1. The van der Waals surface area contributed by atoms with Gasteiger partial charge in [-0.1, -0.05) is 19.8 Å². The number of halogens is 1. The third-order valence-corrected chi connectivity index (χ3v) is 4.34. The Labute approximate surface area is 166 Å². The summed E-state index contributed by atoms with van der Waals surface area (Å²) in [5, 5.41) is 13.4. The number of nitro groups is 1. The lowest BCUT2D eigenvalue weighted by Crippen LogP contribution is -2.20. The Kier molecular flexibility index (Phi) is 8.06. The molecule has 0 spiro atoms. The largest absolute Gasteiger partial charge is 0.494 e. The number of hydrogen-bond donors (Lipinski definition) is 1. The highest BCUT2D eigenvalue weighted by molar-refractivity contribution is 9.10. The summed E-state index contributed by atoms with van der Waals surface area (Å²) >= 11 is 3.25. The molecular formula is C19H21BrN2O5. The van der Waals surface area contributed by atoms with Crippen LogP contribution in [0.3, 0.4) is 0 Å². The number of carbonyl (C=O) groups excluding carboxylic acids is 1. The Morgan fingerprint density at radius 1 is 1.11 bits per heavy atom. The van der Waals surface area contributed by atoms with E-state index in [2.05, 4.69) is 28.2 Å². The number of non-ortho nitro benzene ring substituents is 1. The van der Waals surface area contributed by atoms with E-state index >= 15 is 0 Å². The Morgan fingerprint density at radius 2 is 1.78 bits per heavy atom. The summed E-state index contributed by atoms with van der Waals surface area (Å²) in [7, 11) is 0. The minimum atomic E-state index is -0.523. The maximum atomic E-state index is 12.0. The van der Waals surface area contributed by atoms with Crippen LogP contribution >= 0.6 is 15.9 Å². The molecule has 0 fully saturated rings. The summed E-state index contributed by atoms with van der Waals surface area (Å²) in [5.74, 6) is 0.865. The molecule has 144 valence electrons. The van der Waals surface area contributed by atoms with Crippen LogP contribution in [0.2, 0.25) is 0 Å². The van der Waals surface area contributed by atoms with Crippen molar-refractivity contribution >= 4 is 33.2 Å². The van der Waals surface area contributed by atoms with Crippen molar-refractivity contribution in [1.29, 1.82) is 0 Å². The van der Waals surface area contributed by atoms with Gasteiger partial charge in [0.05, 0.1) is 17.2 Å². The standard InChI is InChI=1S/C19H21BrN2O5/c1-2-3-4-11-26-15-6-8-16(9-7-15)27-13-19(23)21-18-12-14(22(24)25)5-10-17(18)20/h5-10,12H,2-4,11,13H2,1H3,(H,21,23). The fourth-order valence-corrected chi connectivity index (χ4v) is 2.58. The third kappa shape index (κ3) is 6.90. The minimum Gasteiger partial charge on any atom is -0.494 e. The van der Waals surface area contributed by atoms with E-state index in [1.54, 1.807) is 24.3 Å². The quantitative estimate of drug-likeness (QED) is 0.323. The van der Waals surface area contributed by atoms with Gasteiger partial charge in [0.2, 0.25) is 0 Å². The lowest BCUT2D eigenvalue weighted by molar-refractivity contribution is -0.384. The van der Waals surface area contributed by atoms with E-state index in [-0.39, 0.29) is 12.3 Å².